The molecule has 0 aliphatic carbocycles. The molecule has 0 unspecified atom stereocenters. The lowest BCUT2D eigenvalue weighted by atomic mass is 9.87. The number of carbonyl (C=O) groups is 1. The number of hydrogen-bond donors (Lipinski definition) is 3. The van der Waals surface area contributed by atoms with Gasteiger partial charge in [-0.25, -0.2) is 0 Å². The van der Waals surface area contributed by atoms with E-state index in [9.17, 15) is 4.79 Å². The molecule has 0 spiro atoms. The number of nitrogens with two attached hydrogens (primary N) is 1. The van der Waals surface area contributed by atoms with Crippen LogP contribution >= 0.6 is 0 Å². The van der Waals surface area contributed by atoms with E-state index in [1.165, 1.54) is 0 Å². The molecule has 4 nitrogen and oxygen atoms in total. The van der Waals surface area contributed by atoms with Gasteiger partial charge in [0.15, 0.2) is 0 Å². The van der Waals surface area contributed by atoms with Crippen LogP contribution in [0.1, 0.15) is 6.42 Å². The van der Waals surface area contributed by atoms with Crippen molar-refractivity contribution in [2.45, 2.75) is 6.42 Å². The minimum Gasteiger partial charge on any atom is -0.481 e. The van der Waals surface area contributed by atoms with Crippen molar-refractivity contribution in [2.24, 2.45) is 17.6 Å². The Morgan fingerprint density at radius 3 is 2.91 bits per heavy atom. The van der Waals surface area contributed by atoms with E-state index in [0.717, 1.165) is 13.1 Å². The largest absolute Gasteiger partial charge is 0.481 e. The van der Waals surface area contributed by atoms with Crippen molar-refractivity contribution in [1.29, 1.82) is 0 Å². The van der Waals surface area contributed by atoms with Crippen molar-refractivity contribution in [3.63, 3.8) is 0 Å². The normalized spacial score (nSPS) is 31.7. The van der Waals surface area contributed by atoms with Crippen LogP contribution in [0.4, 0.5) is 0 Å². The van der Waals surface area contributed by atoms with E-state index in [2.05, 4.69) is 5.32 Å². The van der Waals surface area contributed by atoms with E-state index in [1.807, 2.05) is 0 Å². The van der Waals surface area contributed by atoms with Gasteiger partial charge in [-0.3, -0.25) is 4.79 Å². The van der Waals surface area contributed by atoms with Crippen LogP contribution in [0.3, 0.4) is 0 Å². The highest BCUT2D eigenvalue weighted by atomic mass is 16.4. The zero-order valence-corrected chi connectivity index (χ0v) is 6.42. The van der Waals surface area contributed by atoms with Gasteiger partial charge in [-0.05, 0) is 32.0 Å². The Hall–Kier alpha value is -0.610. The summed E-state index contributed by atoms with van der Waals surface area (Å²) in [7, 11) is 0. The second-order valence-corrected chi connectivity index (χ2v) is 2.93. The van der Waals surface area contributed by atoms with Gasteiger partial charge in [-0.2, -0.15) is 0 Å². The molecule has 4 heteroatoms. The van der Waals surface area contributed by atoms with Crippen LogP contribution in [0.5, 0.6) is 0 Å². The molecule has 4 N–H and O–H groups in total. The summed E-state index contributed by atoms with van der Waals surface area (Å²) >= 11 is 0. The first kappa shape index (κ1) is 8.49. The molecule has 0 saturated carbocycles. The van der Waals surface area contributed by atoms with E-state index in [-0.39, 0.29) is 11.8 Å². The molecule has 2 atom stereocenters. The number of piperidine rings is 1. The zero-order valence-electron chi connectivity index (χ0n) is 6.42. The van der Waals surface area contributed by atoms with Gasteiger partial charge >= 0.3 is 5.97 Å². The first-order valence-electron chi connectivity index (χ1n) is 3.89. The molecule has 11 heavy (non-hydrogen) atoms. The second kappa shape index (κ2) is 3.69. The topological polar surface area (TPSA) is 75.3 Å². The summed E-state index contributed by atoms with van der Waals surface area (Å²) in [5.74, 6) is -0.829. The lowest BCUT2D eigenvalue weighted by molar-refractivity contribution is -0.144. The van der Waals surface area contributed by atoms with Crippen molar-refractivity contribution in [1.82, 2.24) is 5.32 Å². The quantitative estimate of drug-likeness (QED) is 0.494. The summed E-state index contributed by atoms with van der Waals surface area (Å²) in [4.78, 5) is 10.6. The molecule has 0 aromatic rings. The summed E-state index contributed by atoms with van der Waals surface area (Å²) in [6, 6.07) is 0. The second-order valence-electron chi connectivity index (χ2n) is 2.93. The molecule has 1 rings (SSSR count). The average molecular weight is 158 g/mol. The highest BCUT2D eigenvalue weighted by Crippen LogP contribution is 2.17. The van der Waals surface area contributed by atoms with Crippen LogP contribution < -0.4 is 11.1 Å². The number of carboxylic acids is 1. The number of aliphatic carboxylic acids is 1. The lowest BCUT2D eigenvalue weighted by Crippen LogP contribution is -2.43. The van der Waals surface area contributed by atoms with Crippen molar-refractivity contribution in [3.8, 4) is 0 Å². The summed E-state index contributed by atoms with van der Waals surface area (Å²) < 4.78 is 0. The van der Waals surface area contributed by atoms with Gasteiger partial charge in [0.25, 0.3) is 0 Å². The van der Waals surface area contributed by atoms with E-state index >= 15 is 0 Å². The van der Waals surface area contributed by atoms with Crippen LogP contribution in [0.25, 0.3) is 0 Å². The molecular weight excluding hydrogens is 144 g/mol. The molecular formula is C7H14N2O2. The number of rotatable bonds is 2. The van der Waals surface area contributed by atoms with Crippen molar-refractivity contribution in [2.75, 3.05) is 19.6 Å². The SMILES string of the molecule is NC[C@H]1CNCC[C@H]1C(=O)O. The van der Waals surface area contributed by atoms with Gasteiger partial charge in [0, 0.05) is 0 Å². The zero-order chi connectivity index (χ0) is 8.27. The summed E-state index contributed by atoms with van der Waals surface area (Å²) in [6.07, 6.45) is 0.706. The predicted octanol–water partition coefficient (Wildman–Crippen LogP) is -0.745. The highest BCUT2D eigenvalue weighted by molar-refractivity contribution is 5.70. The third-order valence-electron chi connectivity index (χ3n) is 2.23. The van der Waals surface area contributed by atoms with Crippen molar-refractivity contribution >= 4 is 5.97 Å². The van der Waals surface area contributed by atoms with Crippen LogP contribution in [-0.2, 0) is 4.79 Å². The maximum absolute atomic E-state index is 10.6. The molecule has 0 aromatic heterocycles. The molecule has 1 fully saturated rings. The van der Waals surface area contributed by atoms with Crippen LogP contribution in [-0.4, -0.2) is 30.7 Å². The van der Waals surface area contributed by atoms with Crippen molar-refractivity contribution < 1.29 is 9.90 Å². The van der Waals surface area contributed by atoms with Gasteiger partial charge in [0.2, 0.25) is 0 Å². The molecule has 1 heterocycles. The summed E-state index contributed by atoms with van der Waals surface area (Å²) in [6.45, 7) is 2.00. The first-order chi connectivity index (χ1) is 5.25. The lowest BCUT2D eigenvalue weighted by Gasteiger charge is -2.27. The molecule has 1 aliphatic heterocycles. The minimum atomic E-state index is -0.707. The third kappa shape index (κ3) is 1.91. The number of carboxylic acid groups (broad SMARTS) is 1. The van der Waals surface area contributed by atoms with Gasteiger partial charge in [0.1, 0.15) is 0 Å². The Balaban J connectivity index is 2.51. The van der Waals surface area contributed by atoms with Gasteiger partial charge in [-0.15, -0.1) is 0 Å². The van der Waals surface area contributed by atoms with E-state index in [4.69, 9.17) is 10.8 Å². The van der Waals surface area contributed by atoms with Gasteiger partial charge in [0.05, 0.1) is 5.92 Å². The van der Waals surface area contributed by atoms with Crippen molar-refractivity contribution in [3.05, 3.63) is 0 Å². The fraction of sp³-hybridized carbons (Fsp3) is 0.857. The predicted molar refractivity (Wildman–Crippen MR) is 41.2 cm³/mol. The molecule has 0 aromatic carbocycles. The summed E-state index contributed by atoms with van der Waals surface area (Å²) in [5.41, 5.74) is 5.43. The molecule has 1 saturated heterocycles. The standard InChI is InChI=1S/C7H14N2O2/c8-3-5-4-9-2-1-6(5)7(10)11/h5-6,9H,1-4,8H2,(H,10,11)/t5-,6+/m0/s1. The third-order valence-corrected chi connectivity index (χ3v) is 2.23. The van der Waals surface area contributed by atoms with E-state index in [1.54, 1.807) is 0 Å². The van der Waals surface area contributed by atoms with Crippen LogP contribution in [0, 0.1) is 11.8 Å². The smallest absolute Gasteiger partial charge is 0.306 e. The fourth-order valence-corrected chi connectivity index (χ4v) is 1.50. The van der Waals surface area contributed by atoms with Gasteiger partial charge < -0.3 is 16.2 Å². The Labute approximate surface area is 65.8 Å². The Kier molecular flexibility index (Phi) is 2.84. The molecule has 0 radical (unpaired) electrons. The number of hydrogen-bond acceptors (Lipinski definition) is 3. The molecule has 0 bridgehead atoms. The minimum absolute atomic E-state index is 0.112. The molecule has 64 valence electrons. The van der Waals surface area contributed by atoms with Crippen LogP contribution in [0.2, 0.25) is 0 Å². The van der Waals surface area contributed by atoms with E-state index in [0.29, 0.717) is 13.0 Å². The fourth-order valence-electron chi connectivity index (χ4n) is 1.50. The molecule has 0 amide bonds. The average Bonchev–Trinajstić information content (AvgIpc) is 2.04. The Morgan fingerprint density at radius 2 is 2.45 bits per heavy atom. The van der Waals surface area contributed by atoms with Gasteiger partial charge in [-0.1, -0.05) is 0 Å². The Bertz CT molecular complexity index is 149. The highest BCUT2D eigenvalue weighted by Gasteiger charge is 2.29. The van der Waals surface area contributed by atoms with E-state index < -0.39 is 5.97 Å². The maximum Gasteiger partial charge on any atom is 0.306 e. The van der Waals surface area contributed by atoms with Crippen LogP contribution in [0.15, 0.2) is 0 Å². The Morgan fingerprint density at radius 1 is 1.73 bits per heavy atom. The monoisotopic (exact) mass is 158 g/mol. The summed E-state index contributed by atoms with van der Waals surface area (Å²) in [5, 5.41) is 11.9. The maximum atomic E-state index is 10.6. The molecule has 1 aliphatic rings. The number of nitrogens with one attached hydrogen (secondary N) is 1. The first-order valence-corrected chi connectivity index (χ1v) is 3.89.